The van der Waals surface area contributed by atoms with Gasteiger partial charge in [-0.15, -0.1) is 0 Å². The molecule has 0 aromatic carbocycles. The van der Waals surface area contributed by atoms with E-state index in [9.17, 15) is 4.79 Å². The standard InChI is InChI=1S/C17H32N2O/c1-15(2,3)14(20)13-18-9-11-19(12-10-18)17(7-8-17)16(4,5)6/h7-13H2,1-6H3. The predicted molar refractivity (Wildman–Crippen MR) is 83.9 cm³/mol. The van der Waals surface area contributed by atoms with Crippen LogP contribution in [-0.2, 0) is 4.79 Å². The lowest BCUT2D eigenvalue weighted by Gasteiger charge is -2.45. The second-order valence-corrected chi connectivity index (χ2v) is 8.72. The zero-order valence-corrected chi connectivity index (χ0v) is 14.3. The fourth-order valence-electron chi connectivity index (χ4n) is 3.43. The molecular weight excluding hydrogens is 248 g/mol. The van der Waals surface area contributed by atoms with Crippen molar-refractivity contribution in [3.8, 4) is 0 Å². The van der Waals surface area contributed by atoms with Crippen LogP contribution < -0.4 is 0 Å². The monoisotopic (exact) mass is 280 g/mol. The predicted octanol–water partition coefficient (Wildman–Crippen LogP) is 2.80. The first-order valence-electron chi connectivity index (χ1n) is 8.07. The third-order valence-corrected chi connectivity index (χ3v) is 5.30. The van der Waals surface area contributed by atoms with E-state index in [1.54, 1.807) is 0 Å². The van der Waals surface area contributed by atoms with E-state index in [1.165, 1.54) is 12.8 Å². The molecule has 0 spiro atoms. The molecule has 3 nitrogen and oxygen atoms in total. The number of rotatable bonds is 3. The maximum atomic E-state index is 12.1. The van der Waals surface area contributed by atoms with Gasteiger partial charge >= 0.3 is 0 Å². The molecule has 2 rings (SSSR count). The molecule has 116 valence electrons. The van der Waals surface area contributed by atoms with Crippen molar-refractivity contribution in [2.75, 3.05) is 32.7 Å². The second kappa shape index (κ2) is 5.10. The molecule has 1 aliphatic carbocycles. The fourth-order valence-corrected chi connectivity index (χ4v) is 3.43. The first kappa shape index (κ1) is 16.0. The quantitative estimate of drug-likeness (QED) is 0.794. The lowest BCUT2D eigenvalue weighted by atomic mass is 9.82. The van der Waals surface area contributed by atoms with Crippen LogP contribution in [0.15, 0.2) is 0 Å². The van der Waals surface area contributed by atoms with Gasteiger partial charge in [-0.05, 0) is 18.3 Å². The number of piperazine rings is 1. The van der Waals surface area contributed by atoms with E-state index in [4.69, 9.17) is 0 Å². The Hall–Kier alpha value is -0.410. The number of carbonyl (C=O) groups is 1. The molecular formula is C17H32N2O. The van der Waals surface area contributed by atoms with Gasteiger partial charge in [-0.1, -0.05) is 41.5 Å². The van der Waals surface area contributed by atoms with E-state index in [0.717, 1.165) is 26.2 Å². The Kier molecular flexibility index (Phi) is 4.07. The van der Waals surface area contributed by atoms with Crippen LogP contribution in [0.3, 0.4) is 0 Å². The number of carbonyl (C=O) groups excluding carboxylic acids is 1. The van der Waals surface area contributed by atoms with E-state index < -0.39 is 0 Å². The summed E-state index contributed by atoms with van der Waals surface area (Å²) in [5.74, 6) is 0.364. The van der Waals surface area contributed by atoms with Crippen molar-refractivity contribution in [1.82, 2.24) is 9.80 Å². The highest BCUT2D eigenvalue weighted by Gasteiger charge is 2.56. The molecule has 1 saturated carbocycles. The SMILES string of the molecule is CC(C)(C)C(=O)CN1CCN(C2(C(C)(C)C)CC2)CC1. The minimum Gasteiger partial charge on any atom is -0.298 e. The van der Waals surface area contributed by atoms with Gasteiger partial charge in [0.25, 0.3) is 0 Å². The van der Waals surface area contributed by atoms with Gasteiger partial charge in [-0.2, -0.15) is 0 Å². The Balaban J connectivity index is 1.86. The van der Waals surface area contributed by atoms with Crippen molar-refractivity contribution in [2.45, 2.75) is 59.9 Å². The van der Waals surface area contributed by atoms with Gasteiger partial charge in [-0.25, -0.2) is 0 Å². The lowest BCUT2D eigenvalue weighted by molar-refractivity contribution is -0.128. The van der Waals surface area contributed by atoms with Gasteiger partial charge in [-0.3, -0.25) is 14.6 Å². The van der Waals surface area contributed by atoms with Crippen molar-refractivity contribution < 1.29 is 4.79 Å². The van der Waals surface area contributed by atoms with Gasteiger partial charge in [0.15, 0.2) is 5.78 Å². The van der Waals surface area contributed by atoms with Crippen LogP contribution in [0.2, 0.25) is 0 Å². The van der Waals surface area contributed by atoms with Crippen LogP contribution in [0.5, 0.6) is 0 Å². The highest BCUT2D eigenvalue weighted by molar-refractivity contribution is 5.85. The summed E-state index contributed by atoms with van der Waals surface area (Å²) < 4.78 is 0. The minimum atomic E-state index is -0.208. The van der Waals surface area contributed by atoms with Crippen molar-refractivity contribution in [3.05, 3.63) is 0 Å². The number of hydrogen-bond donors (Lipinski definition) is 0. The van der Waals surface area contributed by atoms with Gasteiger partial charge in [0.2, 0.25) is 0 Å². The molecule has 1 saturated heterocycles. The molecule has 2 fully saturated rings. The Morgan fingerprint density at radius 2 is 1.45 bits per heavy atom. The molecule has 1 aliphatic heterocycles. The first-order valence-corrected chi connectivity index (χ1v) is 8.07. The molecule has 0 aromatic heterocycles. The third-order valence-electron chi connectivity index (χ3n) is 5.30. The highest BCUT2D eigenvalue weighted by atomic mass is 16.1. The van der Waals surface area contributed by atoms with Crippen LogP contribution in [0.25, 0.3) is 0 Å². The normalized spacial score (nSPS) is 24.7. The summed E-state index contributed by atoms with van der Waals surface area (Å²) in [5.41, 5.74) is 0.601. The molecule has 20 heavy (non-hydrogen) atoms. The van der Waals surface area contributed by atoms with Crippen LogP contribution >= 0.6 is 0 Å². The third kappa shape index (κ3) is 3.09. The molecule has 0 radical (unpaired) electrons. The van der Waals surface area contributed by atoms with E-state index in [-0.39, 0.29) is 5.41 Å². The molecule has 0 aromatic rings. The zero-order chi connectivity index (χ0) is 15.2. The van der Waals surface area contributed by atoms with E-state index in [1.807, 2.05) is 20.8 Å². The molecule has 2 aliphatic rings. The molecule has 3 heteroatoms. The fraction of sp³-hybridized carbons (Fsp3) is 0.941. The molecule has 0 N–H and O–H groups in total. The average Bonchev–Trinajstić information content (AvgIpc) is 3.09. The van der Waals surface area contributed by atoms with Crippen molar-refractivity contribution in [2.24, 2.45) is 10.8 Å². The Morgan fingerprint density at radius 3 is 1.80 bits per heavy atom. The smallest absolute Gasteiger partial charge is 0.152 e. The summed E-state index contributed by atoms with van der Waals surface area (Å²) in [6.45, 7) is 18.1. The van der Waals surface area contributed by atoms with E-state index >= 15 is 0 Å². The molecule has 0 bridgehead atoms. The second-order valence-electron chi connectivity index (χ2n) is 8.72. The number of hydrogen-bond acceptors (Lipinski definition) is 3. The van der Waals surface area contributed by atoms with E-state index in [2.05, 4.69) is 30.6 Å². The zero-order valence-electron chi connectivity index (χ0n) is 14.3. The van der Waals surface area contributed by atoms with Gasteiger partial charge in [0, 0.05) is 37.1 Å². The number of Topliss-reactive ketones (excluding diaryl/α,β-unsaturated/α-hetero) is 1. The maximum Gasteiger partial charge on any atom is 0.152 e. The first-order chi connectivity index (χ1) is 9.06. The van der Waals surface area contributed by atoms with Crippen LogP contribution in [0, 0.1) is 10.8 Å². The van der Waals surface area contributed by atoms with Crippen molar-refractivity contribution in [1.29, 1.82) is 0 Å². The molecule has 1 heterocycles. The minimum absolute atomic E-state index is 0.208. The topological polar surface area (TPSA) is 23.6 Å². The summed E-state index contributed by atoms with van der Waals surface area (Å²) in [5, 5.41) is 0. The summed E-state index contributed by atoms with van der Waals surface area (Å²) in [7, 11) is 0. The largest absolute Gasteiger partial charge is 0.298 e. The van der Waals surface area contributed by atoms with Crippen molar-refractivity contribution >= 4 is 5.78 Å². The summed E-state index contributed by atoms with van der Waals surface area (Å²) in [6, 6.07) is 0. The summed E-state index contributed by atoms with van der Waals surface area (Å²) >= 11 is 0. The van der Waals surface area contributed by atoms with Crippen LogP contribution in [0.4, 0.5) is 0 Å². The Labute approximate surface area is 124 Å². The Bertz CT molecular complexity index is 363. The highest BCUT2D eigenvalue weighted by Crippen LogP contribution is 2.54. The Morgan fingerprint density at radius 1 is 0.950 bits per heavy atom. The van der Waals surface area contributed by atoms with Crippen LogP contribution in [0.1, 0.15) is 54.4 Å². The summed E-state index contributed by atoms with van der Waals surface area (Å²) in [4.78, 5) is 17.1. The number of nitrogens with zero attached hydrogens (tertiary/aromatic N) is 2. The van der Waals surface area contributed by atoms with Gasteiger partial charge < -0.3 is 0 Å². The summed E-state index contributed by atoms with van der Waals surface area (Å²) in [6.07, 6.45) is 2.69. The molecule has 0 amide bonds. The van der Waals surface area contributed by atoms with E-state index in [0.29, 0.717) is 23.3 Å². The van der Waals surface area contributed by atoms with Crippen LogP contribution in [-0.4, -0.2) is 53.8 Å². The lowest BCUT2D eigenvalue weighted by Crippen LogP contribution is -2.56. The average molecular weight is 280 g/mol. The molecule has 0 unspecified atom stereocenters. The van der Waals surface area contributed by atoms with Crippen molar-refractivity contribution in [3.63, 3.8) is 0 Å². The molecule has 0 atom stereocenters. The number of ketones is 1. The maximum absolute atomic E-state index is 12.1. The van der Waals surface area contributed by atoms with Gasteiger partial charge in [0.05, 0.1) is 6.54 Å². The van der Waals surface area contributed by atoms with Gasteiger partial charge in [0.1, 0.15) is 0 Å².